The number of nitrogens with zero attached hydrogens (tertiary/aromatic N) is 2. The van der Waals surface area contributed by atoms with Crippen LogP contribution < -0.4 is 11.1 Å². The van der Waals surface area contributed by atoms with Crippen molar-refractivity contribution in [2.45, 2.75) is 20.4 Å². The van der Waals surface area contributed by atoms with E-state index in [0.717, 1.165) is 21.7 Å². The maximum absolute atomic E-state index is 12.2. The zero-order valence-electron chi connectivity index (χ0n) is 12.4. The van der Waals surface area contributed by atoms with Gasteiger partial charge in [-0.3, -0.25) is 9.48 Å². The fourth-order valence-corrected chi connectivity index (χ4v) is 2.90. The number of hydrogen-bond acceptors (Lipinski definition) is 4. The number of rotatable bonds is 3. The Balaban J connectivity index is 2.05. The number of aryl methyl sites for hydroxylation is 3. The summed E-state index contributed by atoms with van der Waals surface area (Å²) in [4.78, 5) is 13.7. The average Bonchev–Trinajstić information content (AvgIpc) is 2.96. The summed E-state index contributed by atoms with van der Waals surface area (Å²) in [6, 6.07) is 1.86. The van der Waals surface area contributed by atoms with Crippen molar-refractivity contribution in [1.29, 1.82) is 0 Å². The van der Waals surface area contributed by atoms with Crippen LogP contribution in [0.1, 0.15) is 31.4 Å². The first-order chi connectivity index (χ1) is 10.0. The van der Waals surface area contributed by atoms with E-state index in [4.69, 9.17) is 5.73 Å². The van der Waals surface area contributed by atoms with E-state index >= 15 is 0 Å². The molecule has 0 aliphatic heterocycles. The lowest BCUT2D eigenvalue weighted by atomic mass is 10.2. The number of hydrogen-bond donors (Lipinski definition) is 2. The van der Waals surface area contributed by atoms with Crippen molar-refractivity contribution in [2.75, 3.05) is 6.54 Å². The predicted molar refractivity (Wildman–Crippen MR) is 84.1 cm³/mol. The predicted octanol–water partition coefficient (Wildman–Crippen LogP) is 1.34. The number of carbonyl (C=O) groups excluding carboxylic acids is 1. The van der Waals surface area contributed by atoms with E-state index in [2.05, 4.69) is 22.3 Å². The molecule has 0 atom stereocenters. The van der Waals surface area contributed by atoms with Crippen LogP contribution in [0.4, 0.5) is 0 Å². The van der Waals surface area contributed by atoms with Crippen LogP contribution in [0.3, 0.4) is 0 Å². The van der Waals surface area contributed by atoms with Crippen LogP contribution in [-0.2, 0) is 13.6 Å². The second kappa shape index (κ2) is 6.57. The Morgan fingerprint density at radius 2 is 2.29 bits per heavy atom. The van der Waals surface area contributed by atoms with Crippen molar-refractivity contribution >= 4 is 17.2 Å². The standard InChI is InChI=1S/C15H18N4OS/c1-10-7-14(21-13(10)5-4-6-16)15(20)17-8-12-9-19(3)18-11(12)2/h7,9H,6,8,16H2,1-3H3,(H,17,20). The van der Waals surface area contributed by atoms with Crippen LogP contribution in [0.2, 0.25) is 0 Å². The molecule has 2 rings (SSSR count). The molecule has 0 fully saturated rings. The molecule has 0 aliphatic carbocycles. The maximum atomic E-state index is 12.2. The Labute approximate surface area is 128 Å². The Hall–Kier alpha value is -2.10. The van der Waals surface area contributed by atoms with Crippen molar-refractivity contribution in [3.8, 4) is 11.8 Å². The molecule has 0 unspecified atom stereocenters. The zero-order chi connectivity index (χ0) is 15.4. The van der Waals surface area contributed by atoms with Gasteiger partial charge < -0.3 is 11.1 Å². The van der Waals surface area contributed by atoms with Crippen molar-refractivity contribution in [3.63, 3.8) is 0 Å². The van der Waals surface area contributed by atoms with Crippen LogP contribution in [0, 0.1) is 25.7 Å². The third-order valence-corrected chi connectivity index (χ3v) is 4.15. The molecular weight excluding hydrogens is 284 g/mol. The first kappa shape index (κ1) is 15.3. The highest BCUT2D eigenvalue weighted by Gasteiger charge is 2.12. The molecule has 0 saturated carbocycles. The normalized spacial score (nSPS) is 10.1. The van der Waals surface area contributed by atoms with Gasteiger partial charge in [0.05, 0.1) is 22.0 Å². The van der Waals surface area contributed by atoms with Gasteiger partial charge in [0.1, 0.15) is 0 Å². The summed E-state index contributed by atoms with van der Waals surface area (Å²) in [7, 11) is 1.86. The van der Waals surface area contributed by atoms with Gasteiger partial charge in [-0.05, 0) is 25.5 Å². The molecule has 6 heteroatoms. The van der Waals surface area contributed by atoms with Crippen molar-refractivity contribution < 1.29 is 4.79 Å². The zero-order valence-corrected chi connectivity index (χ0v) is 13.2. The van der Waals surface area contributed by atoms with Gasteiger partial charge in [-0.15, -0.1) is 11.3 Å². The van der Waals surface area contributed by atoms with E-state index in [0.29, 0.717) is 18.0 Å². The van der Waals surface area contributed by atoms with Gasteiger partial charge in [0, 0.05) is 25.4 Å². The van der Waals surface area contributed by atoms with E-state index in [9.17, 15) is 4.79 Å². The first-order valence-corrected chi connectivity index (χ1v) is 7.39. The molecule has 0 aromatic carbocycles. The van der Waals surface area contributed by atoms with Crippen LogP contribution in [0.25, 0.3) is 0 Å². The molecule has 110 valence electrons. The van der Waals surface area contributed by atoms with E-state index in [1.807, 2.05) is 33.2 Å². The third kappa shape index (κ3) is 3.72. The summed E-state index contributed by atoms with van der Waals surface area (Å²) in [5, 5.41) is 7.16. The van der Waals surface area contributed by atoms with Gasteiger partial charge in [0.25, 0.3) is 5.91 Å². The molecule has 0 radical (unpaired) electrons. The SMILES string of the molecule is Cc1cc(C(=O)NCc2cn(C)nc2C)sc1C#CCN. The minimum Gasteiger partial charge on any atom is -0.347 e. The van der Waals surface area contributed by atoms with Gasteiger partial charge in [0.2, 0.25) is 0 Å². The molecule has 0 bridgehead atoms. The highest BCUT2D eigenvalue weighted by molar-refractivity contribution is 7.14. The van der Waals surface area contributed by atoms with Crippen LogP contribution in [0.15, 0.2) is 12.3 Å². The molecule has 2 heterocycles. The van der Waals surface area contributed by atoms with Crippen molar-refractivity contribution in [1.82, 2.24) is 15.1 Å². The summed E-state index contributed by atoms with van der Waals surface area (Å²) in [6.45, 7) is 4.66. The molecule has 0 saturated heterocycles. The number of aromatic nitrogens is 2. The minimum absolute atomic E-state index is 0.0906. The molecule has 2 aromatic rings. The van der Waals surface area contributed by atoms with E-state index in [-0.39, 0.29) is 5.91 Å². The summed E-state index contributed by atoms with van der Waals surface area (Å²) < 4.78 is 1.74. The monoisotopic (exact) mass is 302 g/mol. The Kier molecular flexibility index (Phi) is 4.78. The van der Waals surface area contributed by atoms with Crippen molar-refractivity contribution in [3.05, 3.63) is 38.8 Å². The summed E-state index contributed by atoms with van der Waals surface area (Å²) in [6.07, 6.45) is 1.91. The second-order valence-electron chi connectivity index (χ2n) is 4.72. The molecule has 2 aromatic heterocycles. The minimum atomic E-state index is -0.0906. The Bertz CT molecular complexity index is 718. The highest BCUT2D eigenvalue weighted by atomic mass is 32.1. The Morgan fingerprint density at radius 1 is 1.52 bits per heavy atom. The Morgan fingerprint density at radius 3 is 2.90 bits per heavy atom. The van der Waals surface area contributed by atoms with Crippen LogP contribution in [-0.4, -0.2) is 22.2 Å². The number of carbonyl (C=O) groups is 1. The summed E-state index contributed by atoms with van der Waals surface area (Å²) in [5.41, 5.74) is 8.31. The van der Waals surface area contributed by atoms with Gasteiger partial charge in [-0.25, -0.2) is 0 Å². The largest absolute Gasteiger partial charge is 0.347 e. The number of nitrogens with one attached hydrogen (secondary N) is 1. The quantitative estimate of drug-likeness (QED) is 0.840. The fraction of sp³-hybridized carbons (Fsp3) is 0.333. The summed E-state index contributed by atoms with van der Waals surface area (Å²) >= 11 is 1.39. The first-order valence-electron chi connectivity index (χ1n) is 6.58. The van der Waals surface area contributed by atoms with E-state index in [1.165, 1.54) is 11.3 Å². The molecule has 3 N–H and O–H groups in total. The van der Waals surface area contributed by atoms with Gasteiger partial charge in [0.15, 0.2) is 0 Å². The van der Waals surface area contributed by atoms with Gasteiger partial charge in [-0.2, -0.15) is 5.10 Å². The lowest BCUT2D eigenvalue weighted by molar-refractivity contribution is 0.0955. The molecule has 0 aliphatic rings. The van der Waals surface area contributed by atoms with E-state index in [1.54, 1.807) is 4.68 Å². The molecular formula is C15H18N4OS. The molecule has 5 nitrogen and oxygen atoms in total. The smallest absolute Gasteiger partial charge is 0.261 e. The number of nitrogens with two attached hydrogens (primary N) is 1. The molecule has 0 spiro atoms. The number of amides is 1. The van der Waals surface area contributed by atoms with E-state index < -0.39 is 0 Å². The fourth-order valence-electron chi connectivity index (χ4n) is 1.93. The van der Waals surface area contributed by atoms with Gasteiger partial charge in [-0.1, -0.05) is 11.8 Å². The van der Waals surface area contributed by atoms with Crippen molar-refractivity contribution in [2.24, 2.45) is 12.8 Å². The highest BCUT2D eigenvalue weighted by Crippen LogP contribution is 2.21. The summed E-state index contributed by atoms with van der Waals surface area (Å²) in [5.74, 6) is 5.70. The maximum Gasteiger partial charge on any atom is 0.261 e. The topological polar surface area (TPSA) is 72.9 Å². The third-order valence-electron chi connectivity index (χ3n) is 3.00. The lowest BCUT2D eigenvalue weighted by Crippen LogP contribution is -2.21. The van der Waals surface area contributed by atoms with Crippen LogP contribution >= 0.6 is 11.3 Å². The lowest BCUT2D eigenvalue weighted by Gasteiger charge is -2.01. The second-order valence-corrected chi connectivity index (χ2v) is 5.78. The van der Waals surface area contributed by atoms with Crippen LogP contribution in [0.5, 0.6) is 0 Å². The average molecular weight is 302 g/mol. The number of thiophene rings is 1. The molecule has 21 heavy (non-hydrogen) atoms. The van der Waals surface area contributed by atoms with Gasteiger partial charge >= 0.3 is 0 Å². The molecule has 1 amide bonds.